The molecule has 5 heterocycles. The lowest BCUT2D eigenvalue weighted by molar-refractivity contribution is -0.671. The molecule has 3 saturated heterocycles. The number of phenols is 1. The van der Waals surface area contributed by atoms with Crippen molar-refractivity contribution in [3.05, 3.63) is 144 Å². The largest absolute Gasteiger partial charge is 0.508 e. The van der Waals surface area contributed by atoms with Gasteiger partial charge < -0.3 is 78.3 Å². The van der Waals surface area contributed by atoms with Crippen molar-refractivity contribution < 1.29 is 77.1 Å². The molecule has 1 aromatic heterocycles. The average Bonchev–Trinajstić information content (AvgIpc) is 1.46. The lowest BCUT2D eigenvalue weighted by Crippen LogP contribution is -2.62. The number of nitrogens with two attached hydrogens (primary N) is 1. The molecule has 130 heavy (non-hydrogen) atoms. The summed E-state index contributed by atoms with van der Waals surface area (Å²) < 4.78 is 7.95. The Morgan fingerprint density at radius 1 is 0.700 bits per heavy atom. The molecule has 5 aliphatic carbocycles. The van der Waals surface area contributed by atoms with Crippen LogP contribution in [0.15, 0.2) is 132 Å². The van der Waals surface area contributed by atoms with E-state index in [1.54, 1.807) is 73.2 Å². The molecule has 9 aliphatic rings. The Bertz CT molecular complexity index is 4910. The topological polar surface area (TPSA) is 412 Å². The summed E-state index contributed by atoms with van der Waals surface area (Å²) in [7, 11) is 3.70. The number of pyridine rings is 1. The number of ether oxygens (including phenoxy) is 1. The van der Waals surface area contributed by atoms with Crippen LogP contribution in [0, 0.1) is 64.1 Å². The fourth-order valence-electron chi connectivity index (χ4n) is 22.3. The van der Waals surface area contributed by atoms with Crippen molar-refractivity contribution in [2.24, 2.45) is 81.9 Å². The molecule has 13 N–H and O–H groups in total. The standard InChI is InChI=1S/C99H134N14O15S2/c1-57(2)20-16-21-59(5)72-38-39-73-71-37-34-67-52-69(40-42-98(67,7)74(71)41-43-99(72,73)8)128-97(127)101-44-15-14-27-76-87(117)109-84(58(3)4)94(124)108-81(92(122)110-85(60(6)114)86(100)116)56-130-129-55-80(91(121)104-77(49-61-31-35-68(115)36-32-61)88(118)105-79(90(120)103-76)51-66-53-102-75-26-13-12-25-70(66)75)107-89(119)78(50-62-30-33-63-22-10-11-23-64(63)48-62)106-93(123)82-28-18-46-112(82)96(126)83-29-19-47-113(83)95(125)65-24-17-45-111(9)54-65/h10-13,17,22-26,30-36,45,48,53-54,57-60,66,69-85,114H,14-16,18-21,27-29,37-44,46-47,49-52,55-56H2,1-9H3,(H11-,100,101,103,104,105,106,107,108,109,110,115,116,117,118,119,120,121,122,123,124,127)/p+1. The quantitative estimate of drug-likeness (QED) is 0.0109. The van der Waals surface area contributed by atoms with Gasteiger partial charge in [0.2, 0.25) is 59.1 Å². The summed E-state index contributed by atoms with van der Waals surface area (Å²) in [5.41, 5.74) is 8.94. The normalized spacial score (nSPS) is 29.9. The van der Waals surface area contributed by atoms with Gasteiger partial charge in [-0.25, -0.2) is 9.36 Å². The number of rotatable bonds is 28. The van der Waals surface area contributed by atoms with E-state index in [0.717, 1.165) is 69.4 Å². The summed E-state index contributed by atoms with van der Waals surface area (Å²) in [6.45, 7) is 17.4. The summed E-state index contributed by atoms with van der Waals surface area (Å²) in [6.07, 6.45) is 26.8. The molecule has 4 aromatic rings. The van der Waals surface area contributed by atoms with Crippen LogP contribution in [0.2, 0.25) is 0 Å². The van der Waals surface area contributed by atoms with E-state index in [2.05, 4.69) is 88.5 Å². The van der Waals surface area contributed by atoms with E-state index in [4.69, 9.17) is 15.5 Å². The number of nitrogens with zero attached hydrogens (tertiary/aromatic N) is 4. The average molecular weight is 1830 g/mol. The van der Waals surface area contributed by atoms with E-state index in [1.165, 1.54) is 74.5 Å². The first-order chi connectivity index (χ1) is 62.2. The number of aliphatic hydroxyl groups excluding tert-OH is 1. The number of phenolic OH excluding ortho intramolecular Hbond substituents is 1. The maximum atomic E-state index is 15.8. The van der Waals surface area contributed by atoms with Gasteiger partial charge in [-0.1, -0.05) is 180 Å². The second-order valence-electron chi connectivity index (χ2n) is 39.2. The number of aromatic hydroxyl groups is 1. The first kappa shape index (κ1) is 97.4. The van der Waals surface area contributed by atoms with Gasteiger partial charge in [0.15, 0.2) is 12.4 Å². The number of primary amides is 1. The van der Waals surface area contributed by atoms with Crippen LogP contribution in [0.5, 0.6) is 5.75 Å². The van der Waals surface area contributed by atoms with Gasteiger partial charge in [-0.05, 0) is 196 Å². The molecule has 0 spiro atoms. The van der Waals surface area contributed by atoms with Gasteiger partial charge >= 0.3 is 6.09 Å². The molecule has 3 saturated carbocycles. The molecular weight excluding hydrogens is 1690 g/mol. The van der Waals surface area contributed by atoms with Crippen molar-refractivity contribution >= 4 is 110 Å². The highest BCUT2D eigenvalue weighted by atomic mass is 33.1. The van der Waals surface area contributed by atoms with Crippen molar-refractivity contribution in [2.75, 3.05) is 31.1 Å². The van der Waals surface area contributed by atoms with Gasteiger partial charge in [0.25, 0.3) is 5.91 Å². The highest BCUT2D eigenvalue weighted by Crippen LogP contribution is 2.67. The summed E-state index contributed by atoms with van der Waals surface area (Å²) in [6, 6.07) is 8.00. The molecule has 702 valence electrons. The van der Waals surface area contributed by atoms with Gasteiger partial charge in [0.1, 0.15) is 84.9 Å². The zero-order valence-corrected chi connectivity index (χ0v) is 78.2. The minimum atomic E-state index is -1.65. The zero-order valence-electron chi connectivity index (χ0n) is 76.6. The van der Waals surface area contributed by atoms with Crippen LogP contribution in [-0.2, 0) is 72.6 Å². The van der Waals surface area contributed by atoms with Crippen LogP contribution in [0.3, 0.4) is 0 Å². The van der Waals surface area contributed by atoms with Gasteiger partial charge in [-0.3, -0.25) is 57.7 Å². The second kappa shape index (κ2) is 43.9. The number of aliphatic hydroxyl groups is 1. The van der Waals surface area contributed by atoms with E-state index in [-0.39, 0.29) is 98.3 Å². The van der Waals surface area contributed by atoms with E-state index in [0.29, 0.717) is 78.5 Å². The summed E-state index contributed by atoms with van der Waals surface area (Å²) in [5, 5.41) is 48.6. The number of alkyl carbamates (subject to hydrolysis) is 1. The molecule has 6 fully saturated rings. The molecule has 22 unspecified atom stereocenters. The molecule has 29 nitrogen and oxygen atoms in total. The summed E-state index contributed by atoms with van der Waals surface area (Å²) in [4.78, 5) is 186. The van der Waals surface area contributed by atoms with Crippen LogP contribution in [0.1, 0.15) is 199 Å². The number of likely N-dealkylation sites (tertiary alicyclic amines) is 2. The monoisotopic (exact) mass is 1820 g/mol. The van der Waals surface area contributed by atoms with Gasteiger partial charge in [-0.15, -0.1) is 0 Å². The Kier molecular flexibility index (Phi) is 32.9. The van der Waals surface area contributed by atoms with Gasteiger partial charge in [-0.2, -0.15) is 0 Å². The number of hydrogen-bond donors (Lipinski definition) is 12. The predicted octanol–water partition coefficient (Wildman–Crippen LogP) is 8.75. The summed E-state index contributed by atoms with van der Waals surface area (Å²) >= 11 is 0. The van der Waals surface area contributed by atoms with Crippen LogP contribution in [-0.4, -0.2) is 207 Å². The number of amides is 12. The number of allylic oxidation sites excluding steroid dienone is 3. The van der Waals surface area contributed by atoms with Crippen molar-refractivity contribution in [3.63, 3.8) is 0 Å². The van der Waals surface area contributed by atoms with E-state index in [1.807, 2.05) is 66.8 Å². The Balaban J connectivity index is 0.759. The Morgan fingerprint density at radius 3 is 2.15 bits per heavy atom. The molecule has 22 atom stereocenters. The zero-order chi connectivity index (χ0) is 92.8. The highest BCUT2D eigenvalue weighted by molar-refractivity contribution is 8.76. The van der Waals surface area contributed by atoms with Crippen molar-refractivity contribution in [2.45, 2.75) is 269 Å². The van der Waals surface area contributed by atoms with Crippen molar-refractivity contribution in [3.8, 4) is 5.75 Å². The number of hydrogen-bond acceptors (Lipinski definition) is 18. The predicted molar refractivity (Wildman–Crippen MR) is 499 cm³/mol. The fourth-order valence-corrected chi connectivity index (χ4v) is 24.6. The number of aryl methyl sites for hydroxylation is 1. The van der Waals surface area contributed by atoms with E-state index in [9.17, 15) is 34.2 Å². The third kappa shape index (κ3) is 23.7. The Morgan fingerprint density at radius 2 is 1.41 bits per heavy atom. The molecule has 31 heteroatoms. The molecule has 3 aromatic carbocycles. The van der Waals surface area contributed by atoms with Crippen LogP contribution in [0.4, 0.5) is 4.79 Å². The third-order valence-corrected chi connectivity index (χ3v) is 31.9. The van der Waals surface area contributed by atoms with Gasteiger partial charge in [0.05, 0.1) is 12.1 Å². The number of benzene rings is 3. The SMILES string of the molecule is CC(C)CCCC(C)C1CCC2C3CC=C4CC(OC(=O)NCCCCC5NC(=O)C(CC6C=NC7C=CC=CC67)NC(=O)C(Cc6ccc(O)cc6)NC(=O)C(NC(=O)C(Cc6ccc7ccccc7c6)NC(=O)C6CCCN6C(=O)C6CCCN6C(=O)c6ccc[n+](C)c6)CSSCC(C(=O)NC(C(N)=O)C(C)O)NC(=O)C(C(C)C)NC5=O)CCC4(C)C3CCC12C. The van der Waals surface area contributed by atoms with Crippen LogP contribution in [0.25, 0.3) is 10.8 Å². The lowest BCUT2D eigenvalue weighted by Gasteiger charge is -2.58. The number of nitrogens with one attached hydrogen (secondary N) is 9. The minimum absolute atomic E-state index is 0.0424. The van der Waals surface area contributed by atoms with Crippen molar-refractivity contribution in [1.82, 2.24) is 57.7 Å². The van der Waals surface area contributed by atoms with Gasteiger partial charge in [0, 0.05) is 74.5 Å². The Hall–Kier alpha value is -10.1. The number of carbonyl (C=O) groups is 12. The molecular formula is C99H135N14O15S2+. The minimum Gasteiger partial charge on any atom is -0.508 e. The molecule has 0 bridgehead atoms. The number of carbonyl (C=O) groups excluding carboxylic acids is 12. The molecule has 0 radical (unpaired) electrons. The van der Waals surface area contributed by atoms with Crippen LogP contribution >= 0.6 is 21.6 Å². The first-order valence-corrected chi connectivity index (χ1v) is 49.7. The maximum absolute atomic E-state index is 15.8. The Labute approximate surface area is 771 Å². The smallest absolute Gasteiger partial charge is 0.407 e. The number of unbranched alkanes of at least 4 members (excludes halogenated alkanes) is 1. The highest BCUT2D eigenvalue weighted by Gasteiger charge is 2.60. The maximum Gasteiger partial charge on any atom is 0.407 e. The molecule has 12 amide bonds. The van der Waals surface area contributed by atoms with E-state index >= 15 is 33.6 Å². The van der Waals surface area contributed by atoms with E-state index < -0.39 is 144 Å². The molecule has 4 aliphatic heterocycles. The number of aliphatic imine (C=N–C) groups is 1. The lowest BCUT2D eigenvalue weighted by atomic mass is 9.47. The van der Waals surface area contributed by atoms with Crippen LogP contribution < -0.4 is 58.2 Å². The fraction of sp³-hybridized carbons (Fsp3) is 0.596. The summed E-state index contributed by atoms with van der Waals surface area (Å²) in [5.74, 6) is -6.74. The van der Waals surface area contributed by atoms with Crippen molar-refractivity contribution in [1.29, 1.82) is 0 Å². The second-order valence-corrected chi connectivity index (χ2v) is 41.7. The molecule has 13 rings (SSSR count). The number of fused-ring (bicyclic) bond motifs is 7. The first-order valence-electron chi connectivity index (χ1n) is 47.2. The number of aromatic nitrogens is 1. The third-order valence-electron chi connectivity index (χ3n) is 29.5.